The van der Waals surface area contributed by atoms with Gasteiger partial charge >= 0.3 is 0 Å². The van der Waals surface area contributed by atoms with Gasteiger partial charge in [-0.15, -0.1) is 0 Å². The predicted octanol–water partition coefficient (Wildman–Crippen LogP) is 4.30. The number of rotatable bonds is 5. The van der Waals surface area contributed by atoms with Gasteiger partial charge in [-0.3, -0.25) is 0 Å². The van der Waals surface area contributed by atoms with E-state index in [1.54, 1.807) is 0 Å². The van der Waals surface area contributed by atoms with Crippen LogP contribution in [0.5, 0.6) is 0 Å². The third-order valence-corrected chi connectivity index (χ3v) is 3.34. The Balaban J connectivity index is 2.92. The van der Waals surface area contributed by atoms with E-state index in [0.29, 0.717) is 6.04 Å². The first-order valence-electron chi connectivity index (χ1n) is 5.78. The topological polar surface area (TPSA) is 12.0 Å². The van der Waals surface area contributed by atoms with Crippen molar-refractivity contribution in [3.05, 3.63) is 45.0 Å². The Morgan fingerprint density at radius 3 is 2.62 bits per heavy atom. The predicted molar refractivity (Wildman–Crippen MR) is 79.6 cm³/mol. The van der Waals surface area contributed by atoms with Gasteiger partial charge in [0.25, 0.3) is 0 Å². The Labute approximate surface area is 112 Å². The van der Waals surface area contributed by atoms with Crippen LogP contribution in [0.15, 0.2) is 35.9 Å². The molecule has 2 heteroatoms. The zero-order chi connectivity index (χ0) is 12.0. The molecule has 0 spiro atoms. The molecule has 1 N–H and O–H groups in total. The van der Waals surface area contributed by atoms with Crippen molar-refractivity contribution in [3.8, 4) is 0 Å². The molecule has 0 amide bonds. The monoisotopic (exact) mass is 329 g/mol. The Kier molecular flexibility index (Phi) is 6.06. The Bertz CT molecular complexity index is 354. The molecule has 0 radical (unpaired) electrons. The standard InChI is InChI=1S/C14H20IN/c1-4-9-16-14(10-11(2)3)12-7-5-6-8-13(12)15/h5-8,10,14,16H,4,9H2,1-3H3. The molecule has 1 unspecified atom stereocenters. The molecular formula is C14H20IN. The van der Waals surface area contributed by atoms with Gasteiger partial charge in [-0.1, -0.05) is 36.8 Å². The van der Waals surface area contributed by atoms with Crippen molar-refractivity contribution in [1.82, 2.24) is 5.32 Å². The molecule has 1 rings (SSSR count). The first-order chi connectivity index (χ1) is 7.65. The highest BCUT2D eigenvalue weighted by molar-refractivity contribution is 14.1. The second-order valence-corrected chi connectivity index (χ2v) is 5.36. The maximum Gasteiger partial charge on any atom is 0.0519 e. The van der Waals surface area contributed by atoms with Crippen LogP contribution in [0.4, 0.5) is 0 Å². The molecule has 0 aliphatic rings. The molecule has 1 aromatic rings. The highest BCUT2D eigenvalue weighted by atomic mass is 127. The molecule has 1 nitrogen and oxygen atoms in total. The number of hydrogen-bond donors (Lipinski definition) is 1. The van der Waals surface area contributed by atoms with Crippen LogP contribution in [-0.4, -0.2) is 6.54 Å². The Hall–Kier alpha value is -0.350. The third kappa shape index (κ3) is 4.26. The van der Waals surface area contributed by atoms with Crippen molar-refractivity contribution >= 4 is 22.6 Å². The SMILES string of the molecule is CCCNC(C=C(C)C)c1ccccc1I. The summed E-state index contributed by atoms with van der Waals surface area (Å²) in [6, 6.07) is 8.91. The Morgan fingerprint density at radius 2 is 2.06 bits per heavy atom. The molecule has 0 saturated heterocycles. The summed E-state index contributed by atoms with van der Waals surface area (Å²) in [5, 5.41) is 3.58. The fraction of sp³-hybridized carbons (Fsp3) is 0.429. The van der Waals surface area contributed by atoms with Crippen LogP contribution in [0, 0.1) is 3.57 Å². The molecule has 16 heavy (non-hydrogen) atoms. The highest BCUT2D eigenvalue weighted by Crippen LogP contribution is 2.22. The van der Waals surface area contributed by atoms with Crippen LogP contribution in [0.1, 0.15) is 38.8 Å². The van der Waals surface area contributed by atoms with Crippen LogP contribution in [-0.2, 0) is 0 Å². The third-order valence-electron chi connectivity index (χ3n) is 2.35. The molecule has 88 valence electrons. The minimum atomic E-state index is 0.345. The minimum absolute atomic E-state index is 0.345. The summed E-state index contributed by atoms with van der Waals surface area (Å²) in [4.78, 5) is 0. The zero-order valence-electron chi connectivity index (χ0n) is 10.3. The molecule has 1 aromatic carbocycles. The van der Waals surface area contributed by atoms with E-state index in [0.717, 1.165) is 13.0 Å². The molecular weight excluding hydrogens is 309 g/mol. The minimum Gasteiger partial charge on any atom is -0.307 e. The second kappa shape index (κ2) is 7.07. The molecule has 0 saturated carbocycles. The van der Waals surface area contributed by atoms with Crippen molar-refractivity contribution in [3.63, 3.8) is 0 Å². The smallest absolute Gasteiger partial charge is 0.0519 e. The van der Waals surface area contributed by atoms with Crippen LogP contribution >= 0.6 is 22.6 Å². The molecule has 1 atom stereocenters. The Morgan fingerprint density at radius 1 is 1.38 bits per heavy atom. The van der Waals surface area contributed by atoms with Crippen molar-refractivity contribution in [1.29, 1.82) is 0 Å². The quantitative estimate of drug-likeness (QED) is 0.627. The lowest BCUT2D eigenvalue weighted by Gasteiger charge is -2.17. The van der Waals surface area contributed by atoms with E-state index in [-0.39, 0.29) is 0 Å². The van der Waals surface area contributed by atoms with Crippen molar-refractivity contribution in [2.24, 2.45) is 0 Å². The molecule has 0 aromatic heterocycles. The van der Waals surface area contributed by atoms with Crippen molar-refractivity contribution < 1.29 is 0 Å². The van der Waals surface area contributed by atoms with Gasteiger partial charge in [0.05, 0.1) is 6.04 Å². The average molecular weight is 329 g/mol. The largest absolute Gasteiger partial charge is 0.307 e. The molecule has 0 fully saturated rings. The van der Waals surface area contributed by atoms with Crippen LogP contribution in [0.3, 0.4) is 0 Å². The maximum atomic E-state index is 3.58. The maximum absolute atomic E-state index is 3.58. The van der Waals surface area contributed by atoms with E-state index in [1.165, 1.54) is 14.7 Å². The van der Waals surface area contributed by atoms with Gasteiger partial charge in [0, 0.05) is 3.57 Å². The summed E-state index contributed by atoms with van der Waals surface area (Å²) in [5.74, 6) is 0. The van der Waals surface area contributed by atoms with Gasteiger partial charge in [-0.05, 0) is 61.0 Å². The lowest BCUT2D eigenvalue weighted by atomic mass is 10.0. The van der Waals surface area contributed by atoms with Crippen molar-refractivity contribution in [2.75, 3.05) is 6.54 Å². The van der Waals surface area contributed by atoms with Gasteiger partial charge in [0.2, 0.25) is 0 Å². The first kappa shape index (κ1) is 13.7. The zero-order valence-corrected chi connectivity index (χ0v) is 12.4. The van der Waals surface area contributed by atoms with E-state index in [9.17, 15) is 0 Å². The van der Waals surface area contributed by atoms with Gasteiger partial charge in [-0.2, -0.15) is 0 Å². The number of hydrogen-bond acceptors (Lipinski definition) is 1. The summed E-state index contributed by atoms with van der Waals surface area (Å²) in [5.41, 5.74) is 2.73. The van der Waals surface area contributed by atoms with Crippen LogP contribution in [0.25, 0.3) is 0 Å². The summed E-state index contributed by atoms with van der Waals surface area (Å²) in [7, 11) is 0. The van der Waals surface area contributed by atoms with Gasteiger partial charge < -0.3 is 5.32 Å². The fourth-order valence-electron chi connectivity index (χ4n) is 1.62. The summed E-state index contributed by atoms with van der Waals surface area (Å²) >= 11 is 2.40. The summed E-state index contributed by atoms with van der Waals surface area (Å²) in [6.07, 6.45) is 3.46. The summed E-state index contributed by atoms with van der Waals surface area (Å²) in [6.45, 7) is 7.55. The fourth-order valence-corrected chi connectivity index (χ4v) is 2.34. The van der Waals surface area contributed by atoms with Gasteiger partial charge in [0.1, 0.15) is 0 Å². The average Bonchev–Trinajstić information content (AvgIpc) is 2.24. The lowest BCUT2D eigenvalue weighted by molar-refractivity contribution is 0.608. The van der Waals surface area contributed by atoms with E-state index >= 15 is 0 Å². The highest BCUT2D eigenvalue weighted by Gasteiger charge is 2.09. The number of nitrogens with one attached hydrogen (secondary N) is 1. The molecule has 0 aliphatic carbocycles. The number of halogens is 1. The van der Waals surface area contributed by atoms with E-state index < -0.39 is 0 Å². The van der Waals surface area contributed by atoms with E-state index in [2.05, 4.69) is 79.0 Å². The van der Waals surface area contributed by atoms with Crippen LogP contribution in [0.2, 0.25) is 0 Å². The normalized spacial score (nSPS) is 12.2. The number of allylic oxidation sites excluding steroid dienone is 1. The number of benzene rings is 1. The van der Waals surface area contributed by atoms with Gasteiger partial charge in [0.15, 0.2) is 0 Å². The van der Waals surface area contributed by atoms with E-state index in [1.807, 2.05) is 0 Å². The van der Waals surface area contributed by atoms with Gasteiger partial charge in [-0.25, -0.2) is 0 Å². The lowest BCUT2D eigenvalue weighted by Crippen LogP contribution is -2.21. The second-order valence-electron chi connectivity index (χ2n) is 4.20. The molecule has 0 aliphatic heterocycles. The molecule has 0 heterocycles. The van der Waals surface area contributed by atoms with Crippen molar-refractivity contribution in [2.45, 2.75) is 33.2 Å². The summed E-state index contributed by atoms with van der Waals surface area (Å²) < 4.78 is 1.33. The van der Waals surface area contributed by atoms with E-state index in [4.69, 9.17) is 0 Å². The van der Waals surface area contributed by atoms with Crippen LogP contribution < -0.4 is 5.32 Å². The first-order valence-corrected chi connectivity index (χ1v) is 6.86. The molecule has 0 bridgehead atoms.